The largest absolute Gasteiger partial charge is 0.507 e. The molecule has 26 heavy (non-hydrogen) atoms. The molecule has 0 spiro atoms. The van der Waals surface area contributed by atoms with Crippen LogP contribution in [-0.2, 0) is 12.4 Å². The molecule has 0 atom stereocenters. The number of rotatable bonds is 2. The second kappa shape index (κ2) is 6.71. The highest BCUT2D eigenvalue weighted by Gasteiger charge is 2.37. The number of hydrogen-bond acceptors (Lipinski definition) is 3. The van der Waals surface area contributed by atoms with E-state index in [0.29, 0.717) is 12.1 Å². The van der Waals surface area contributed by atoms with Crippen LogP contribution in [0.2, 0.25) is 0 Å². The second-order valence-corrected chi connectivity index (χ2v) is 5.92. The van der Waals surface area contributed by atoms with Crippen LogP contribution in [0.4, 0.5) is 32.0 Å². The standard InChI is InChI=1S/C15H8BrF6NO3/c16-10-4-9(11(24)5-12(10)25)13(26)23-8-2-6(14(17,18)19)1-7(3-8)15(20,21)22/h1-5,24-25H,(H,23,26). The molecule has 140 valence electrons. The molecule has 0 aliphatic carbocycles. The summed E-state index contributed by atoms with van der Waals surface area (Å²) >= 11 is 2.87. The molecular weight excluding hydrogens is 436 g/mol. The highest BCUT2D eigenvalue weighted by Crippen LogP contribution is 2.38. The van der Waals surface area contributed by atoms with Gasteiger partial charge >= 0.3 is 12.4 Å². The number of benzene rings is 2. The van der Waals surface area contributed by atoms with Crippen LogP contribution >= 0.6 is 15.9 Å². The first-order chi connectivity index (χ1) is 11.8. The first-order valence-corrected chi connectivity index (χ1v) is 7.40. The van der Waals surface area contributed by atoms with Crippen molar-refractivity contribution in [3.05, 3.63) is 51.5 Å². The number of anilines is 1. The molecule has 2 aromatic rings. The number of halogens is 7. The number of carbonyl (C=O) groups excluding carboxylic acids is 1. The first-order valence-electron chi connectivity index (χ1n) is 6.61. The van der Waals surface area contributed by atoms with Crippen LogP contribution in [0.3, 0.4) is 0 Å². The molecular formula is C15H8BrF6NO3. The Morgan fingerprint density at radius 1 is 0.846 bits per heavy atom. The Balaban J connectivity index is 2.46. The number of phenols is 2. The van der Waals surface area contributed by atoms with Gasteiger partial charge in [0.25, 0.3) is 5.91 Å². The van der Waals surface area contributed by atoms with Gasteiger partial charge in [0.15, 0.2) is 0 Å². The summed E-state index contributed by atoms with van der Waals surface area (Å²) in [6, 6.07) is 2.33. The van der Waals surface area contributed by atoms with E-state index in [0.717, 1.165) is 12.1 Å². The molecule has 4 nitrogen and oxygen atoms in total. The maximum Gasteiger partial charge on any atom is 0.416 e. The average molecular weight is 444 g/mol. The lowest BCUT2D eigenvalue weighted by Gasteiger charge is -2.15. The van der Waals surface area contributed by atoms with E-state index in [2.05, 4.69) is 15.9 Å². The van der Waals surface area contributed by atoms with Crippen LogP contribution < -0.4 is 5.32 Å². The number of phenolic OH excluding ortho intramolecular Hbond substituents is 2. The van der Waals surface area contributed by atoms with Crippen LogP contribution in [0.5, 0.6) is 11.5 Å². The van der Waals surface area contributed by atoms with Crippen molar-refractivity contribution in [2.24, 2.45) is 0 Å². The van der Waals surface area contributed by atoms with Crippen molar-refractivity contribution >= 4 is 27.5 Å². The van der Waals surface area contributed by atoms with Gasteiger partial charge in [-0.2, -0.15) is 26.3 Å². The number of carbonyl (C=O) groups is 1. The average Bonchev–Trinajstić information content (AvgIpc) is 2.48. The summed E-state index contributed by atoms with van der Waals surface area (Å²) in [5, 5.41) is 20.9. The van der Waals surface area contributed by atoms with Gasteiger partial charge in [-0.15, -0.1) is 0 Å². The van der Waals surface area contributed by atoms with Gasteiger partial charge in [0.2, 0.25) is 0 Å². The summed E-state index contributed by atoms with van der Waals surface area (Å²) in [6.07, 6.45) is -10.1. The van der Waals surface area contributed by atoms with E-state index in [4.69, 9.17) is 0 Å². The SMILES string of the molecule is O=C(Nc1cc(C(F)(F)F)cc(C(F)(F)F)c1)c1cc(Br)c(O)cc1O. The molecule has 1 amide bonds. The van der Waals surface area contributed by atoms with Gasteiger partial charge in [-0.25, -0.2) is 0 Å². The van der Waals surface area contributed by atoms with E-state index in [1.807, 2.05) is 5.32 Å². The van der Waals surface area contributed by atoms with Crippen LogP contribution in [-0.4, -0.2) is 16.1 Å². The third kappa shape index (κ3) is 4.40. The molecule has 0 saturated carbocycles. The van der Waals surface area contributed by atoms with E-state index in [1.165, 1.54) is 0 Å². The van der Waals surface area contributed by atoms with E-state index < -0.39 is 52.1 Å². The molecule has 0 heterocycles. The molecule has 0 aromatic heterocycles. The van der Waals surface area contributed by atoms with E-state index in [1.54, 1.807) is 0 Å². The van der Waals surface area contributed by atoms with E-state index >= 15 is 0 Å². The Bertz CT molecular complexity index is 831. The van der Waals surface area contributed by atoms with Crippen molar-refractivity contribution in [3.8, 4) is 11.5 Å². The zero-order valence-electron chi connectivity index (χ0n) is 12.3. The molecule has 0 aliphatic heterocycles. The Kier molecular flexibility index (Phi) is 5.13. The van der Waals surface area contributed by atoms with Crippen molar-refractivity contribution in [1.29, 1.82) is 0 Å². The first kappa shape index (κ1) is 19.9. The summed E-state index contributed by atoms with van der Waals surface area (Å²) in [4.78, 5) is 12.1. The lowest BCUT2D eigenvalue weighted by atomic mass is 10.1. The number of aromatic hydroxyl groups is 2. The molecule has 0 radical (unpaired) electrons. The Labute approximate surface area is 150 Å². The number of amides is 1. The van der Waals surface area contributed by atoms with E-state index in [-0.39, 0.29) is 10.5 Å². The van der Waals surface area contributed by atoms with Gasteiger partial charge in [0.1, 0.15) is 11.5 Å². The molecule has 2 rings (SSSR count). The van der Waals surface area contributed by atoms with Crippen LogP contribution in [0.1, 0.15) is 21.5 Å². The van der Waals surface area contributed by atoms with E-state index in [9.17, 15) is 41.4 Å². The van der Waals surface area contributed by atoms with Crippen molar-refractivity contribution < 1.29 is 41.4 Å². The third-order valence-electron chi connectivity index (χ3n) is 3.16. The molecule has 0 fully saturated rings. The molecule has 2 aromatic carbocycles. The Morgan fingerprint density at radius 2 is 1.35 bits per heavy atom. The predicted octanol–water partition coefficient (Wildman–Crippen LogP) is 5.15. The highest BCUT2D eigenvalue weighted by atomic mass is 79.9. The van der Waals surface area contributed by atoms with Crippen molar-refractivity contribution in [2.45, 2.75) is 12.4 Å². The fourth-order valence-corrected chi connectivity index (χ4v) is 2.30. The predicted molar refractivity (Wildman–Crippen MR) is 81.9 cm³/mol. The molecule has 0 bridgehead atoms. The zero-order chi connectivity index (χ0) is 19.9. The normalized spacial score (nSPS) is 12.1. The van der Waals surface area contributed by atoms with Crippen LogP contribution in [0.25, 0.3) is 0 Å². The van der Waals surface area contributed by atoms with Gasteiger partial charge in [0, 0.05) is 11.8 Å². The van der Waals surface area contributed by atoms with Crippen LogP contribution in [0, 0.1) is 0 Å². The van der Waals surface area contributed by atoms with Gasteiger partial charge in [0.05, 0.1) is 21.2 Å². The van der Waals surface area contributed by atoms with Gasteiger partial charge in [-0.3, -0.25) is 4.79 Å². The maximum atomic E-state index is 12.8. The van der Waals surface area contributed by atoms with Gasteiger partial charge in [-0.1, -0.05) is 0 Å². The number of alkyl halides is 6. The molecule has 0 saturated heterocycles. The fraction of sp³-hybridized carbons (Fsp3) is 0.133. The molecule has 0 aliphatic rings. The topological polar surface area (TPSA) is 69.6 Å². The lowest BCUT2D eigenvalue weighted by Crippen LogP contribution is -2.16. The smallest absolute Gasteiger partial charge is 0.416 e. The minimum Gasteiger partial charge on any atom is -0.507 e. The van der Waals surface area contributed by atoms with Gasteiger partial charge < -0.3 is 15.5 Å². The number of nitrogens with one attached hydrogen (secondary N) is 1. The quantitative estimate of drug-likeness (QED) is 0.562. The summed E-state index contributed by atoms with van der Waals surface area (Å²) in [6.45, 7) is 0. The lowest BCUT2D eigenvalue weighted by molar-refractivity contribution is -0.143. The zero-order valence-corrected chi connectivity index (χ0v) is 13.9. The van der Waals surface area contributed by atoms with Crippen molar-refractivity contribution in [2.75, 3.05) is 5.32 Å². The maximum absolute atomic E-state index is 12.8. The minimum atomic E-state index is -5.07. The summed E-state index contributed by atoms with van der Waals surface area (Å²) in [5.74, 6) is -2.31. The van der Waals surface area contributed by atoms with Crippen molar-refractivity contribution in [3.63, 3.8) is 0 Å². The number of hydrogen-bond donors (Lipinski definition) is 3. The second-order valence-electron chi connectivity index (χ2n) is 5.07. The van der Waals surface area contributed by atoms with Crippen molar-refractivity contribution in [1.82, 2.24) is 0 Å². The molecule has 11 heteroatoms. The summed E-state index contributed by atoms with van der Waals surface area (Å²) < 4.78 is 76.8. The summed E-state index contributed by atoms with van der Waals surface area (Å²) in [5.41, 5.74) is -4.43. The van der Waals surface area contributed by atoms with Gasteiger partial charge in [-0.05, 0) is 40.2 Å². The highest BCUT2D eigenvalue weighted by molar-refractivity contribution is 9.10. The Hall–Kier alpha value is -2.43. The fourth-order valence-electron chi connectivity index (χ4n) is 1.96. The molecule has 0 unspecified atom stereocenters. The third-order valence-corrected chi connectivity index (χ3v) is 3.79. The van der Waals surface area contributed by atoms with Crippen LogP contribution in [0.15, 0.2) is 34.8 Å². The minimum absolute atomic E-state index is 0.0135. The Morgan fingerprint density at radius 3 is 1.81 bits per heavy atom. The molecule has 3 N–H and O–H groups in total. The monoisotopic (exact) mass is 443 g/mol. The summed E-state index contributed by atoms with van der Waals surface area (Å²) in [7, 11) is 0.